The largest absolute Gasteiger partial charge is 0.478 e. The van der Waals surface area contributed by atoms with Gasteiger partial charge in [0.15, 0.2) is 17.5 Å². The number of hydrogen-bond donors (Lipinski definition) is 3. The van der Waals surface area contributed by atoms with Crippen LogP contribution in [0.25, 0.3) is 0 Å². The summed E-state index contributed by atoms with van der Waals surface area (Å²) in [7, 11) is 0. The molecule has 1 aromatic carbocycles. The fourth-order valence-corrected chi connectivity index (χ4v) is 5.57. The van der Waals surface area contributed by atoms with Gasteiger partial charge in [-0.1, -0.05) is 6.92 Å². The average Bonchev–Trinajstić information content (AvgIpc) is 2.85. The Morgan fingerprint density at radius 3 is 2.53 bits per heavy atom. The average molecular weight is 560 g/mol. The first-order valence-electron chi connectivity index (χ1n) is 11.6. The second-order valence-electron chi connectivity index (χ2n) is 8.97. The molecular weight excluding hydrogens is 537 g/mol. The molecule has 2 aliphatic carbocycles. The van der Waals surface area contributed by atoms with Gasteiger partial charge >= 0.3 is 5.97 Å². The molecule has 0 saturated carbocycles. The first kappa shape index (κ1) is 27.8. The Balaban J connectivity index is 1.93. The minimum Gasteiger partial charge on any atom is -0.478 e. The number of fused-ring (bicyclic) bond motifs is 1. The van der Waals surface area contributed by atoms with Crippen molar-refractivity contribution in [1.82, 2.24) is 5.32 Å². The molecule has 204 valence electrons. The Morgan fingerprint density at radius 2 is 1.87 bits per heavy atom. The van der Waals surface area contributed by atoms with Gasteiger partial charge in [0.1, 0.15) is 29.1 Å². The van der Waals surface area contributed by atoms with Crippen LogP contribution >= 0.6 is 11.8 Å². The third kappa shape index (κ3) is 4.96. The number of carbonyl (C=O) groups is 3. The van der Waals surface area contributed by atoms with Crippen LogP contribution in [0.3, 0.4) is 0 Å². The number of carboxylic acid groups (broad SMARTS) is 1. The van der Waals surface area contributed by atoms with Gasteiger partial charge in [0.05, 0.1) is 16.8 Å². The summed E-state index contributed by atoms with van der Waals surface area (Å²) in [6, 6.07) is 0. The molecular formula is C25H22F5NO6S. The van der Waals surface area contributed by atoms with Crippen LogP contribution in [0.4, 0.5) is 22.0 Å². The Kier molecular flexibility index (Phi) is 7.98. The second-order valence-corrected chi connectivity index (χ2v) is 9.96. The number of aliphatic hydroxyl groups excluding tert-OH is 1. The number of allylic oxidation sites excluding steroid dienone is 4. The molecule has 4 unspecified atom stereocenters. The zero-order valence-electron chi connectivity index (χ0n) is 19.8. The summed E-state index contributed by atoms with van der Waals surface area (Å²) < 4.78 is 80.8. The molecule has 4 rings (SSSR count). The smallest absolute Gasteiger partial charge is 0.339 e. The zero-order chi connectivity index (χ0) is 27.9. The molecule has 1 aromatic rings. The van der Waals surface area contributed by atoms with E-state index >= 15 is 8.78 Å². The standard InChI is InChI=1S/C25H22F5NO6S/c1-2-3-31-17(34)8-38-24-22(29)19(20(25(35)36)21(28)23(24)30)18-9-4-11(26)13(32)6-15(9)37-16-7-14(33)12(27)5-10(16)18/h4,6,9,12,14,18,33H,2-3,5,7-8H2,1H3,(H,31,34)(H,35,36). The fourth-order valence-electron chi connectivity index (χ4n) is 4.74. The lowest BCUT2D eigenvalue weighted by Crippen LogP contribution is -2.37. The number of ketones is 1. The van der Waals surface area contributed by atoms with Crippen molar-refractivity contribution < 1.29 is 51.3 Å². The number of carbonyl (C=O) groups excluding carboxylic acids is 2. The van der Waals surface area contributed by atoms with Gasteiger partial charge in [-0.05, 0) is 18.1 Å². The molecule has 0 fully saturated rings. The number of aliphatic hydroxyl groups is 1. The van der Waals surface area contributed by atoms with Crippen molar-refractivity contribution in [3.05, 3.63) is 63.6 Å². The summed E-state index contributed by atoms with van der Waals surface area (Å²) in [6.07, 6.45) is -2.43. The van der Waals surface area contributed by atoms with Crippen LogP contribution in [0.1, 0.15) is 48.0 Å². The van der Waals surface area contributed by atoms with Gasteiger partial charge in [0.2, 0.25) is 11.7 Å². The summed E-state index contributed by atoms with van der Waals surface area (Å²) in [6.45, 7) is 2.06. The number of thioether (sulfide) groups is 1. The van der Waals surface area contributed by atoms with Gasteiger partial charge < -0.3 is 20.3 Å². The quantitative estimate of drug-likeness (QED) is 0.261. The summed E-state index contributed by atoms with van der Waals surface area (Å²) in [4.78, 5) is 35.0. The predicted molar refractivity (Wildman–Crippen MR) is 124 cm³/mol. The molecule has 13 heteroatoms. The van der Waals surface area contributed by atoms with E-state index in [4.69, 9.17) is 4.74 Å². The van der Waals surface area contributed by atoms with Crippen LogP contribution in [0.15, 0.2) is 40.0 Å². The molecule has 0 aromatic heterocycles. The van der Waals surface area contributed by atoms with Crippen LogP contribution in [0, 0.1) is 23.4 Å². The van der Waals surface area contributed by atoms with Gasteiger partial charge in [-0.2, -0.15) is 0 Å². The van der Waals surface area contributed by atoms with E-state index in [1.807, 2.05) is 0 Å². The van der Waals surface area contributed by atoms with Crippen molar-refractivity contribution >= 4 is 29.4 Å². The lowest BCUT2D eigenvalue weighted by atomic mass is 9.70. The third-order valence-electron chi connectivity index (χ3n) is 6.49. The topological polar surface area (TPSA) is 113 Å². The Hall–Kier alpha value is -3.19. The molecule has 3 aliphatic rings. The van der Waals surface area contributed by atoms with E-state index in [-0.39, 0.29) is 23.6 Å². The van der Waals surface area contributed by atoms with Gasteiger partial charge in [-0.25, -0.2) is 26.7 Å². The first-order valence-corrected chi connectivity index (χ1v) is 12.6. The van der Waals surface area contributed by atoms with Crippen molar-refractivity contribution in [2.24, 2.45) is 5.92 Å². The van der Waals surface area contributed by atoms with Crippen LogP contribution in [0.2, 0.25) is 0 Å². The van der Waals surface area contributed by atoms with E-state index in [1.165, 1.54) is 0 Å². The SMILES string of the molecule is CCCNC(=O)CSc1c(F)c(F)c(C(=O)O)c(C2C3=C(CC(O)C(F)C3)OC3=CC(=O)C(F)=CC32)c1F. The number of carboxylic acids is 1. The molecule has 0 radical (unpaired) electrons. The van der Waals surface area contributed by atoms with Gasteiger partial charge in [-0.3, -0.25) is 9.59 Å². The van der Waals surface area contributed by atoms with E-state index in [2.05, 4.69) is 5.32 Å². The number of hydrogen-bond acceptors (Lipinski definition) is 6. The van der Waals surface area contributed by atoms with Crippen molar-refractivity contribution in [2.75, 3.05) is 12.3 Å². The number of nitrogens with one attached hydrogen (secondary N) is 1. The summed E-state index contributed by atoms with van der Waals surface area (Å²) in [5, 5.41) is 22.2. The van der Waals surface area contributed by atoms with Gasteiger partial charge in [-0.15, -0.1) is 11.8 Å². The highest BCUT2D eigenvalue weighted by Crippen LogP contribution is 2.53. The molecule has 1 amide bonds. The van der Waals surface area contributed by atoms with Gasteiger partial charge in [0.25, 0.3) is 0 Å². The maximum atomic E-state index is 16.1. The number of benzene rings is 1. The van der Waals surface area contributed by atoms with Crippen molar-refractivity contribution in [3.63, 3.8) is 0 Å². The maximum absolute atomic E-state index is 16.1. The fraction of sp³-hybridized carbons (Fsp3) is 0.400. The molecule has 1 heterocycles. The van der Waals surface area contributed by atoms with Crippen LogP contribution < -0.4 is 5.32 Å². The Bertz CT molecular complexity index is 1310. The molecule has 7 nitrogen and oxygen atoms in total. The number of amides is 1. The minimum absolute atomic E-state index is 0.0904. The molecule has 0 bridgehead atoms. The van der Waals surface area contributed by atoms with Crippen LogP contribution in [-0.4, -0.2) is 52.4 Å². The summed E-state index contributed by atoms with van der Waals surface area (Å²) >= 11 is 0.291. The van der Waals surface area contributed by atoms with Crippen molar-refractivity contribution in [1.29, 1.82) is 0 Å². The molecule has 0 spiro atoms. The van der Waals surface area contributed by atoms with E-state index in [0.717, 1.165) is 12.2 Å². The Labute approximate surface area is 217 Å². The second kappa shape index (κ2) is 10.9. The zero-order valence-corrected chi connectivity index (χ0v) is 20.6. The number of aromatic carboxylic acids is 1. The van der Waals surface area contributed by atoms with Crippen LogP contribution in [-0.2, 0) is 14.3 Å². The summed E-state index contributed by atoms with van der Waals surface area (Å²) in [5.74, 6) is -14.3. The van der Waals surface area contributed by atoms with Crippen LogP contribution in [0.5, 0.6) is 0 Å². The normalized spacial score (nSPS) is 24.7. The molecule has 38 heavy (non-hydrogen) atoms. The molecule has 0 saturated heterocycles. The van der Waals surface area contributed by atoms with Crippen molar-refractivity contribution in [2.45, 2.75) is 49.3 Å². The first-order chi connectivity index (χ1) is 18.0. The highest BCUT2D eigenvalue weighted by Gasteiger charge is 2.47. The van der Waals surface area contributed by atoms with E-state index in [9.17, 15) is 37.8 Å². The lowest BCUT2D eigenvalue weighted by molar-refractivity contribution is -0.118. The molecule has 4 atom stereocenters. The number of halogens is 5. The highest BCUT2D eigenvalue weighted by atomic mass is 32.2. The highest BCUT2D eigenvalue weighted by molar-refractivity contribution is 8.00. The summed E-state index contributed by atoms with van der Waals surface area (Å²) in [5.41, 5.74) is -2.40. The lowest BCUT2D eigenvalue weighted by Gasteiger charge is -2.41. The molecule has 1 aliphatic heterocycles. The van der Waals surface area contributed by atoms with Gasteiger partial charge in [0, 0.05) is 42.9 Å². The third-order valence-corrected chi connectivity index (χ3v) is 7.54. The van der Waals surface area contributed by atoms with Crippen molar-refractivity contribution in [3.8, 4) is 0 Å². The van der Waals surface area contributed by atoms with E-state index < -0.39 is 99.7 Å². The Morgan fingerprint density at radius 1 is 1.16 bits per heavy atom. The van der Waals surface area contributed by atoms with E-state index in [0.29, 0.717) is 18.2 Å². The minimum atomic E-state index is -2.05. The van der Waals surface area contributed by atoms with E-state index in [1.54, 1.807) is 6.92 Å². The maximum Gasteiger partial charge on any atom is 0.339 e. The number of rotatable bonds is 7. The number of alkyl halides is 1. The predicted octanol–water partition coefficient (Wildman–Crippen LogP) is 4.22. The number of ether oxygens (including phenoxy) is 1. The monoisotopic (exact) mass is 559 g/mol. The molecule has 3 N–H and O–H groups in total.